The fraction of sp³-hybridized carbons (Fsp3) is 0.273. The van der Waals surface area contributed by atoms with E-state index in [0.717, 1.165) is 5.56 Å². The monoisotopic (exact) mass is 442 g/mol. The molecule has 3 aromatic rings. The van der Waals surface area contributed by atoms with Crippen LogP contribution < -0.4 is 10.1 Å². The first kappa shape index (κ1) is 22.3. The summed E-state index contributed by atoms with van der Waals surface area (Å²) < 4.78 is 7.42. The Bertz CT molecular complexity index is 1140. The number of aryl methyl sites for hydroxylation is 2. The minimum atomic E-state index is -0.619. The van der Waals surface area contributed by atoms with E-state index in [1.54, 1.807) is 30.7 Å². The molecule has 1 N–H and O–H groups in total. The molecule has 0 radical (unpaired) electrons. The number of nitrogens with zero attached hydrogens (tertiary/aromatic N) is 3. The molecule has 0 saturated carbocycles. The van der Waals surface area contributed by atoms with Crippen molar-refractivity contribution in [1.82, 2.24) is 9.78 Å². The molecule has 0 saturated heterocycles. The lowest BCUT2D eigenvalue weighted by atomic mass is 10.2. The number of benzene rings is 2. The summed E-state index contributed by atoms with van der Waals surface area (Å²) in [6.07, 6.45) is 0.464. The lowest BCUT2D eigenvalue weighted by Gasteiger charge is -2.18. The minimum absolute atomic E-state index is 0.191. The number of para-hydroxylation sites is 1. The van der Waals surface area contributed by atoms with Crippen molar-refractivity contribution in [2.24, 2.45) is 0 Å². The van der Waals surface area contributed by atoms with Gasteiger partial charge in [-0.2, -0.15) is 5.10 Å². The average Bonchev–Trinajstić information content (AvgIpc) is 2.97. The molecule has 8 nitrogen and oxygen atoms in total. The standard InChI is InChI=1S/C22H23ClN4O4/c1-5-19(26-15(4)21(23)14(3)25-26)22(28)24-16-10-17(27(29)30)12-18(11-16)31-20-9-7-6-8-13(20)2/h6-12,19H,5H2,1-4H3,(H,24,28). The largest absolute Gasteiger partial charge is 0.457 e. The molecular formula is C22H23ClN4O4. The number of anilines is 1. The summed E-state index contributed by atoms with van der Waals surface area (Å²) in [6.45, 7) is 7.29. The Balaban J connectivity index is 1.91. The van der Waals surface area contributed by atoms with Crippen molar-refractivity contribution in [2.45, 2.75) is 40.2 Å². The van der Waals surface area contributed by atoms with Crippen LogP contribution in [0, 0.1) is 30.9 Å². The van der Waals surface area contributed by atoms with Gasteiger partial charge in [0.25, 0.3) is 5.69 Å². The van der Waals surface area contributed by atoms with Crippen LogP contribution in [-0.2, 0) is 4.79 Å². The molecule has 31 heavy (non-hydrogen) atoms. The van der Waals surface area contributed by atoms with Crippen LogP contribution in [0.1, 0.15) is 36.3 Å². The number of amides is 1. The highest BCUT2D eigenvalue weighted by Gasteiger charge is 2.24. The number of nitro groups is 1. The van der Waals surface area contributed by atoms with E-state index in [-0.39, 0.29) is 23.0 Å². The predicted molar refractivity (Wildman–Crippen MR) is 119 cm³/mol. The first-order chi connectivity index (χ1) is 14.7. The second kappa shape index (κ2) is 9.18. The molecule has 1 unspecified atom stereocenters. The van der Waals surface area contributed by atoms with Gasteiger partial charge in [0.2, 0.25) is 5.91 Å². The molecule has 1 heterocycles. The quantitative estimate of drug-likeness (QED) is 0.371. The molecule has 1 aromatic heterocycles. The molecule has 0 spiro atoms. The van der Waals surface area contributed by atoms with E-state index in [4.69, 9.17) is 16.3 Å². The van der Waals surface area contributed by atoms with Crippen molar-refractivity contribution in [3.05, 3.63) is 74.6 Å². The molecule has 9 heteroatoms. The lowest BCUT2D eigenvalue weighted by Crippen LogP contribution is -2.27. The van der Waals surface area contributed by atoms with Crippen LogP contribution in [0.15, 0.2) is 42.5 Å². The van der Waals surface area contributed by atoms with Crippen molar-refractivity contribution in [3.63, 3.8) is 0 Å². The van der Waals surface area contributed by atoms with Gasteiger partial charge in [0.05, 0.1) is 33.1 Å². The van der Waals surface area contributed by atoms with E-state index in [0.29, 0.717) is 28.6 Å². The Labute approximate surface area is 184 Å². The molecule has 1 atom stereocenters. The number of aromatic nitrogens is 2. The number of non-ortho nitro benzene ring substituents is 1. The number of nitrogens with one attached hydrogen (secondary N) is 1. The van der Waals surface area contributed by atoms with E-state index in [2.05, 4.69) is 10.4 Å². The predicted octanol–water partition coefficient (Wildman–Crippen LogP) is 5.75. The number of hydrogen-bond acceptors (Lipinski definition) is 5. The second-order valence-corrected chi connectivity index (χ2v) is 7.56. The van der Waals surface area contributed by atoms with Gasteiger partial charge in [-0.05, 0) is 38.8 Å². The molecule has 0 aliphatic rings. The van der Waals surface area contributed by atoms with Crippen LogP contribution >= 0.6 is 11.6 Å². The summed E-state index contributed by atoms with van der Waals surface area (Å²) in [7, 11) is 0. The highest BCUT2D eigenvalue weighted by Crippen LogP contribution is 2.32. The Morgan fingerprint density at radius 3 is 2.55 bits per heavy atom. The highest BCUT2D eigenvalue weighted by atomic mass is 35.5. The van der Waals surface area contributed by atoms with Crippen molar-refractivity contribution in [2.75, 3.05) is 5.32 Å². The number of ether oxygens (including phenoxy) is 1. The van der Waals surface area contributed by atoms with Crippen molar-refractivity contribution in [3.8, 4) is 11.5 Å². The fourth-order valence-electron chi connectivity index (χ4n) is 3.26. The molecule has 1 amide bonds. The van der Waals surface area contributed by atoms with Crippen LogP contribution in [0.25, 0.3) is 0 Å². The van der Waals surface area contributed by atoms with Crippen LogP contribution in [0.2, 0.25) is 5.02 Å². The normalized spacial score (nSPS) is 11.8. The third kappa shape index (κ3) is 4.86. The van der Waals surface area contributed by atoms with Crippen molar-refractivity contribution in [1.29, 1.82) is 0 Å². The van der Waals surface area contributed by atoms with E-state index >= 15 is 0 Å². The SMILES string of the molecule is CCC(C(=O)Nc1cc(Oc2ccccc2C)cc([N+](=O)[O-])c1)n1nc(C)c(Cl)c1C. The summed E-state index contributed by atoms with van der Waals surface area (Å²) in [6, 6.07) is 10.9. The molecule has 0 aliphatic carbocycles. The Hall–Kier alpha value is -3.39. The van der Waals surface area contributed by atoms with E-state index in [9.17, 15) is 14.9 Å². The lowest BCUT2D eigenvalue weighted by molar-refractivity contribution is -0.384. The van der Waals surface area contributed by atoms with E-state index < -0.39 is 11.0 Å². The molecule has 162 valence electrons. The van der Waals surface area contributed by atoms with Crippen LogP contribution in [0.5, 0.6) is 11.5 Å². The molecule has 0 fully saturated rings. The van der Waals surface area contributed by atoms with Gasteiger partial charge in [0.1, 0.15) is 17.5 Å². The molecule has 2 aromatic carbocycles. The maximum Gasteiger partial charge on any atom is 0.275 e. The number of carbonyl (C=O) groups is 1. The van der Waals surface area contributed by atoms with Crippen molar-refractivity contribution >= 4 is 28.9 Å². The Kier molecular flexibility index (Phi) is 6.60. The third-order valence-corrected chi connectivity index (χ3v) is 5.46. The zero-order chi connectivity index (χ0) is 22.7. The number of nitro benzene ring substituents is 1. The van der Waals surface area contributed by atoms with Crippen LogP contribution in [-0.4, -0.2) is 20.6 Å². The third-order valence-electron chi connectivity index (χ3n) is 4.91. The maximum absolute atomic E-state index is 13.0. The van der Waals surface area contributed by atoms with Gasteiger partial charge >= 0.3 is 0 Å². The molecule has 0 bridgehead atoms. The summed E-state index contributed by atoms with van der Waals surface area (Å²) >= 11 is 6.22. The van der Waals surface area contributed by atoms with Gasteiger partial charge in [-0.25, -0.2) is 0 Å². The summed E-state index contributed by atoms with van der Waals surface area (Å²) in [5.74, 6) is 0.470. The van der Waals surface area contributed by atoms with Gasteiger partial charge in [0, 0.05) is 12.1 Å². The van der Waals surface area contributed by atoms with Crippen LogP contribution in [0.4, 0.5) is 11.4 Å². The maximum atomic E-state index is 13.0. The number of rotatable bonds is 7. The number of carbonyl (C=O) groups excluding carboxylic acids is 1. The van der Waals surface area contributed by atoms with Gasteiger partial charge < -0.3 is 10.1 Å². The summed E-state index contributed by atoms with van der Waals surface area (Å²) in [4.78, 5) is 23.9. The van der Waals surface area contributed by atoms with Gasteiger partial charge in [-0.1, -0.05) is 36.7 Å². The molecule has 0 aliphatic heterocycles. The first-order valence-corrected chi connectivity index (χ1v) is 10.1. The number of halogens is 1. The first-order valence-electron chi connectivity index (χ1n) is 9.76. The van der Waals surface area contributed by atoms with Gasteiger partial charge in [-0.15, -0.1) is 0 Å². The zero-order valence-electron chi connectivity index (χ0n) is 17.7. The Morgan fingerprint density at radius 2 is 1.97 bits per heavy atom. The minimum Gasteiger partial charge on any atom is -0.457 e. The molecule has 3 rings (SSSR count). The smallest absolute Gasteiger partial charge is 0.275 e. The van der Waals surface area contributed by atoms with Crippen molar-refractivity contribution < 1.29 is 14.5 Å². The van der Waals surface area contributed by atoms with Gasteiger partial charge in [-0.3, -0.25) is 19.6 Å². The number of hydrogen-bond donors (Lipinski definition) is 1. The van der Waals surface area contributed by atoms with E-state index in [1.807, 2.05) is 32.0 Å². The summed E-state index contributed by atoms with van der Waals surface area (Å²) in [5.41, 5.74) is 2.27. The highest BCUT2D eigenvalue weighted by molar-refractivity contribution is 6.31. The van der Waals surface area contributed by atoms with E-state index in [1.165, 1.54) is 12.1 Å². The summed E-state index contributed by atoms with van der Waals surface area (Å²) in [5, 5.41) is 19.0. The van der Waals surface area contributed by atoms with Gasteiger partial charge in [0.15, 0.2) is 0 Å². The molecular weight excluding hydrogens is 420 g/mol. The Morgan fingerprint density at radius 1 is 1.26 bits per heavy atom. The second-order valence-electron chi connectivity index (χ2n) is 7.18. The zero-order valence-corrected chi connectivity index (χ0v) is 18.4. The van der Waals surface area contributed by atoms with Crippen LogP contribution in [0.3, 0.4) is 0 Å². The average molecular weight is 443 g/mol. The fourth-order valence-corrected chi connectivity index (χ4v) is 3.38. The topological polar surface area (TPSA) is 99.3 Å².